The topological polar surface area (TPSA) is 87.7 Å². The van der Waals surface area contributed by atoms with Crippen molar-refractivity contribution in [3.8, 4) is 5.75 Å². The van der Waals surface area contributed by atoms with Crippen LogP contribution in [0.15, 0.2) is 47.4 Å². The highest BCUT2D eigenvalue weighted by Crippen LogP contribution is 2.30. The monoisotopic (exact) mass is 467 g/mol. The molecule has 0 aliphatic heterocycles. The number of halogens is 1. The number of amides is 1. The molecule has 170 valence electrons. The summed E-state index contributed by atoms with van der Waals surface area (Å²) < 4.78 is 31.4. The van der Waals surface area contributed by atoms with Gasteiger partial charge >= 0.3 is 0 Å². The molecule has 0 atom stereocenters. The van der Waals surface area contributed by atoms with E-state index in [-0.39, 0.29) is 28.6 Å². The van der Waals surface area contributed by atoms with E-state index in [1.54, 1.807) is 6.07 Å². The highest BCUT2D eigenvalue weighted by molar-refractivity contribution is 7.89. The molecule has 0 saturated carbocycles. The second-order valence-electron chi connectivity index (χ2n) is 7.35. The van der Waals surface area contributed by atoms with Crippen LogP contribution >= 0.6 is 11.6 Å². The van der Waals surface area contributed by atoms with Crippen LogP contribution in [0, 0.1) is 0 Å². The smallest absolute Gasteiger partial charge is 0.246 e. The lowest BCUT2D eigenvalue weighted by Gasteiger charge is -2.33. The Bertz CT molecular complexity index is 1000. The third-order valence-electron chi connectivity index (χ3n) is 5.40. The third kappa shape index (κ3) is 5.77. The fraction of sp³-hybridized carbons (Fsp3) is 0.409. The number of carbonyl (C=O) groups excluding carboxylic acids is 1. The maximum Gasteiger partial charge on any atom is 0.246 e. The lowest BCUT2D eigenvalue weighted by Crippen LogP contribution is -2.45. The molecule has 0 radical (unpaired) electrons. The molecule has 0 fully saturated rings. The van der Waals surface area contributed by atoms with Gasteiger partial charge in [0, 0.05) is 30.3 Å². The van der Waals surface area contributed by atoms with Crippen LogP contribution in [-0.4, -0.2) is 46.4 Å². The van der Waals surface area contributed by atoms with Gasteiger partial charge in [0.25, 0.3) is 0 Å². The Kier molecular flexibility index (Phi) is 8.48. The van der Waals surface area contributed by atoms with Crippen LogP contribution in [0.3, 0.4) is 0 Å². The van der Waals surface area contributed by atoms with Gasteiger partial charge in [-0.2, -0.15) is 0 Å². The van der Waals surface area contributed by atoms with Crippen molar-refractivity contribution < 1.29 is 17.9 Å². The molecule has 2 aromatic carbocycles. The second kappa shape index (κ2) is 10.5. The maximum atomic E-state index is 12.6. The van der Waals surface area contributed by atoms with Crippen molar-refractivity contribution in [2.45, 2.75) is 37.1 Å². The molecule has 2 rings (SSSR count). The van der Waals surface area contributed by atoms with Crippen molar-refractivity contribution in [2.75, 3.05) is 33.1 Å². The number of hydrogen-bond acceptors (Lipinski definition) is 5. The quantitative estimate of drug-likeness (QED) is 0.554. The van der Waals surface area contributed by atoms with Gasteiger partial charge in [0.2, 0.25) is 15.9 Å². The summed E-state index contributed by atoms with van der Waals surface area (Å²) in [4.78, 5) is 12.6. The Morgan fingerprint density at radius 1 is 1.10 bits per heavy atom. The maximum absolute atomic E-state index is 12.6. The van der Waals surface area contributed by atoms with Gasteiger partial charge in [-0.1, -0.05) is 37.6 Å². The van der Waals surface area contributed by atoms with E-state index in [9.17, 15) is 13.2 Å². The van der Waals surface area contributed by atoms with E-state index < -0.39 is 10.0 Å². The molecule has 0 heterocycles. The molecule has 7 nitrogen and oxygen atoms in total. The van der Waals surface area contributed by atoms with Crippen LogP contribution in [0.5, 0.6) is 5.75 Å². The lowest BCUT2D eigenvalue weighted by molar-refractivity contribution is -0.115. The molecule has 0 spiro atoms. The van der Waals surface area contributed by atoms with Gasteiger partial charge in [0.15, 0.2) is 0 Å². The average molecular weight is 468 g/mol. The predicted molar refractivity (Wildman–Crippen MR) is 124 cm³/mol. The van der Waals surface area contributed by atoms with Crippen molar-refractivity contribution in [3.63, 3.8) is 0 Å². The van der Waals surface area contributed by atoms with Gasteiger partial charge in [-0.15, -0.1) is 0 Å². The van der Waals surface area contributed by atoms with E-state index in [2.05, 4.69) is 24.5 Å². The van der Waals surface area contributed by atoms with Crippen LogP contribution in [0.4, 0.5) is 5.69 Å². The summed E-state index contributed by atoms with van der Waals surface area (Å²) in [5.74, 6) is -0.0675. The van der Waals surface area contributed by atoms with Crippen molar-refractivity contribution in [1.29, 1.82) is 0 Å². The van der Waals surface area contributed by atoms with Crippen molar-refractivity contribution in [2.24, 2.45) is 0 Å². The zero-order chi connectivity index (χ0) is 23.2. The standard InChI is InChI=1S/C22H30ClN3O4S/c1-6-22(7-2,16-8-10-17(23)11-9-16)24-15-21(27)25-18-12-13-19(30-5)20(14-18)31(28,29)26(3)4/h8-14,24H,6-7,15H2,1-5H3,(H,25,27). The molecule has 2 aromatic rings. The zero-order valence-corrected chi connectivity index (χ0v) is 20.1. The first-order chi connectivity index (χ1) is 14.6. The van der Waals surface area contributed by atoms with Gasteiger partial charge < -0.3 is 10.1 Å². The van der Waals surface area contributed by atoms with Crippen molar-refractivity contribution in [1.82, 2.24) is 9.62 Å². The Morgan fingerprint density at radius 2 is 1.71 bits per heavy atom. The third-order valence-corrected chi connectivity index (χ3v) is 7.49. The van der Waals surface area contributed by atoms with Gasteiger partial charge in [-0.05, 0) is 48.7 Å². The average Bonchev–Trinajstić information content (AvgIpc) is 2.75. The first-order valence-corrected chi connectivity index (χ1v) is 11.8. The van der Waals surface area contributed by atoms with E-state index in [0.29, 0.717) is 10.7 Å². The molecule has 0 aliphatic rings. The second-order valence-corrected chi connectivity index (χ2v) is 9.91. The van der Waals surface area contributed by atoms with Crippen LogP contribution in [0.2, 0.25) is 5.02 Å². The van der Waals surface area contributed by atoms with Gasteiger partial charge in [-0.25, -0.2) is 12.7 Å². The van der Waals surface area contributed by atoms with E-state index in [1.165, 1.54) is 33.3 Å². The van der Waals surface area contributed by atoms with Gasteiger partial charge in [-0.3, -0.25) is 10.1 Å². The molecule has 1 amide bonds. The SMILES string of the molecule is CCC(CC)(NCC(=O)Nc1ccc(OC)c(S(=O)(=O)N(C)C)c1)c1ccc(Cl)cc1. The fourth-order valence-corrected chi connectivity index (χ4v) is 4.59. The summed E-state index contributed by atoms with van der Waals surface area (Å²) >= 11 is 6.01. The van der Waals surface area contributed by atoms with Gasteiger partial charge in [0.1, 0.15) is 10.6 Å². The summed E-state index contributed by atoms with van der Waals surface area (Å²) in [7, 11) is 0.551. The molecule has 9 heteroatoms. The number of anilines is 1. The Balaban J connectivity index is 2.19. The van der Waals surface area contributed by atoms with Crippen LogP contribution < -0.4 is 15.4 Å². The summed E-state index contributed by atoms with van der Waals surface area (Å²) in [6.45, 7) is 4.18. The largest absolute Gasteiger partial charge is 0.495 e. The predicted octanol–water partition coefficient (Wildman–Crippen LogP) is 3.84. The zero-order valence-electron chi connectivity index (χ0n) is 18.5. The minimum Gasteiger partial charge on any atom is -0.495 e. The number of methoxy groups -OCH3 is 1. The highest BCUT2D eigenvalue weighted by Gasteiger charge is 2.28. The number of nitrogens with zero attached hydrogens (tertiary/aromatic N) is 1. The Hall–Kier alpha value is -2.13. The normalized spacial score (nSPS) is 12.1. The first-order valence-electron chi connectivity index (χ1n) is 10.0. The minimum atomic E-state index is -3.73. The van der Waals surface area contributed by atoms with Gasteiger partial charge in [0.05, 0.1) is 13.7 Å². The van der Waals surface area contributed by atoms with Crippen molar-refractivity contribution in [3.05, 3.63) is 53.1 Å². The number of benzene rings is 2. The summed E-state index contributed by atoms with van der Waals surface area (Å²) in [5, 5.41) is 6.79. The Morgan fingerprint density at radius 3 is 2.23 bits per heavy atom. The number of carbonyl (C=O) groups is 1. The summed E-state index contributed by atoms with van der Waals surface area (Å²) in [5.41, 5.74) is 1.05. The van der Waals surface area contributed by atoms with Crippen LogP contribution in [0.25, 0.3) is 0 Å². The number of nitrogens with one attached hydrogen (secondary N) is 2. The number of hydrogen-bond donors (Lipinski definition) is 2. The van der Waals surface area contributed by atoms with E-state index in [0.717, 1.165) is 22.7 Å². The summed E-state index contributed by atoms with van der Waals surface area (Å²) in [6.07, 6.45) is 1.57. The van der Waals surface area contributed by atoms with E-state index >= 15 is 0 Å². The summed E-state index contributed by atoms with van der Waals surface area (Å²) in [6, 6.07) is 12.1. The lowest BCUT2D eigenvalue weighted by atomic mass is 9.84. The first kappa shape index (κ1) is 25.1. The van der Waals surface area contributed by atoms with Crippen LogP contribution in [-0.2, 0) is 20.4 Å². The number of rotatable bonds is 10. The molecule has 2 N–H and O–H groups in total. The van der Waals surface area contributed by atoms with E-state index in [4.69, 9.17) is 16.3 Å². The molecule has 31 heavy (non-hydrogen) atoms. The molecule has 0 unspecified atom stereocenters. The number of sulfonamides is 1. The molecule has 0 aromatic heterocycles. The fourth-order valence-electron chi connectivity index (χ4n) is 3.39. The molecule has 0 bridgehead atoms. The highest BCUT2D eigenvalue weighted by atomic mass is 35.5. The molecular formula is C22H30ClN3O4S. The van der Waals surface area contributed by atoms with Crippen molar-refractivity contribution >= 4 is 33.2 Å². The molecule has 0 saturated heterocycles. The molecular weight excluding hydrogens is 438 g/mol. The molecule has 0 aliphatic carbocycles. The minimum absolute atomic E-state index is 0.0108. The Labute approximate surface area is 189 Å². The van der Waals surface area contributed by atoms with E-state index in [1.807, 2.05) is 24.3 Å². The number of ether oxygens (including phenoxy) is 1. The van der Waals surface area contributed by atoms with Crippen LogP contribution in [0.1, 0.15) is 32.3 Å².